The quantitative estimate of drug-likeness (QED) is 0.828. The number of likely N-dealkylation sites (tertiary alicyclic amines) is 1. The fourth-order valence-electron chi connectivity index (χ4n) is 2.80. The first-order valence-electron chi connectivity index (χ1n) is 7.32. The second kappa shape index (κ2) is 7.88. The number of para-hydroxylation sites is 1. The fraction of sp³-hybridized carbons (Fsp3) is 0.562. The Hall–Kier alpha value is -1.57. The van der Waals surface area contributed by atoms with Crippen molar-refractivity contribution < 1.29 is 9.84 Å². The van der Waals surface area contributed by atoms with Crippen molar-refractivity contribution in [3.8, 4) is 11.8 Å². The van der Waals surface area contributed by atoms with Gasteiger partial charge in [0.05, 0.1) is 5.56 Å². The molecule has 1 aromatic carbocycles. The highest BCUT2D eigenvalue weighted by atomic mass is 16.5. The SMILES string of the molecule is N#Cc1ccccc1OCCN1CCCC1CCCO. The van der Waals surface area contributed by atoms with Gasteiger partial charge < -0.3 is 9.84 Å². The smallest absolute Gasteiger partial charge is 0.137 e. The van der Waals surface area contributed by atoms with Crippen LogP contribution in [0.5, 0.6) is 5.75 Å². The van der Waals surface area contributed by atoms with Crippen molar-refractivity contribution in [2.75, 3.05) is 26.3 Å². The lowest BCUT2D eigenvalue weighted by molar-refractivity contribution is 0.180. The number of hydrogen-bond acceptors (Lipinski definition) is 4. The molecule has 2 rings (SSSR count). The molecule has 1 atom stereocenters. The molecule has 0 saturated carbocycles. The van der Waals surface area contributed by atoms with E-state index in [0.717, 1.165) is 25.9 Å². The topological polar surface area (TPSA) is 56.5 Å². The lowest BCUT2D eigenvalue weighted by atomic mass is 10.1. The van der Waals surface area contributed by atoms with Gasteiger partial charge in [-0.05, 0) is 44.4 Å². The highest BCUT2D eigenvalue weighted by Gasteiger charge is 2.23. The lowest BCUT2D eigenvalue weighted by Crippen LogP contribution is -2.33. The number of nitriles is 1. The van der Waals surface area contributed by atoms with Crippen molar-refractivity contribution in [2.45, 2.75) is 31.7 Å². The molecule has 0 radical (unpaired) electrons. The minimum atomic E-state index is 0.274. The monoisotopic (exact) mass is 274 g/mol. The van der Waals surface area contributed by atoms with E-state index >= 15 is 0 Å². The third-order valence-corrected chi connectivity index (χ3v) is 3.84. The first kappa shape index (κ1) is 14.8. The molecule has 4 heteroatoms. The Bertz CT molecular complexity index is 456. The molecule has 108 valence electrons. The van der Waals surface area contributed by atoms with Crippen molar-refractivity contribution in [1.82, 2.24) is 4.90 Å². The number of ether oxygens (including phenoxy) is 1. The average molecular weight is 274 g/mol. The molecule has 0 aromatic heterocycles. The molecular formula is C16H22N2O2. The summed E-state index contributed by atoms with van der Waals surface area (Å²) in [6, 6.07) is 10.1. The summed E-state index contributed by atoms with van der Waals surface area (Å²) in [7, 11) is 0. The molecule has 1 aliphatic heterocycles. The van der Waals surface area contributed by atoms with Crippen LogP contribution < -0.4 is 4.74 Å². The summed E-state index contributed by atoms with van der Waals surface area (Å²) in [5.74, 6) is 0.668. The summed E-state index contributed by atoms with van der Waals surface area (Å²) in [4.78, 5) is 2.44. The predicted octanol–water partition coefficient (Wildman–Crippen LogP) is 2.17. The Kier molecular flexibility index (Phi) is 5.85. The van der Waals surface area contributed by atoms with Crippen LogP contribution in [0.3, 0.4) is 0 Å². The van der Waals surface area contributed by atoms with Crippen LogP contribution in [0.4, 0.5) is 0 Å². The van der Waals surface area contributed by atoms with E-state index in [0.29, 0.717) is 24.0 Å². The Balaban J connectivity index is 1.79. The maximum atomic E-state index is 9.00. The molecule has 1 unspecified atom stereocenters. The molecule has 1 N–H and O–H groups in total. The molecular weight excluding hydrogens is 252 g/mol. The maximum Gasteiger partial charge on any atom is 0.137 e. The van der Waals surface area contributed by atoms with Crippen LogP contribution in [-0.4, -0.2) is 42.4 Å². The van der Waals surface area contributed by atoms with E-state index in [4.69, 9.17) is 15.1 Å². The summed E-state index contributed by atoms with van der Waals surface area (Å²) in [6.45, 7) is 2.87. The number of benzene rings is 1. The van der Waals surface area contributed by atoms with Crippen LogP contribution in [0.25, 0.3) is 0 Å². The van der Waals surface area contributed by atoms with Gasteiger partial charge in [-0.1, -0.05) is 12.1 Å². The first-order valence-corrected chi connectivity index (χ1v) is 7.32. The van der Waals surface area contributed by atoms with Crippen LogP contribution in [0.2, 0.25) is 0 Å². The highest BCUT2D eigenvalue weighted by Crippen LogP contribution is 2.21. The standard InChI is InChI=1S/C16H22N2O2/c17-13-14-5-1-2-8-16(14)20-12-10-18-9-3-6-15(18)7-4-11-19/h1-2,5,8,15,19H,3-4,6-7,9-12H2. The normalized spacial score (nSPS) is 18.9. The molecule has 0 bridgehead atoms. The second-order valence-electron chi connectivity index (χ2n) is 5.15. The average Bonchev–Trinajstić information content (AvgIpc) is 2.93. The van der Waals surface area contributed by atoms with Gasteiger partial charge in [-0.2, -0.15) is 5.26 Å². The third kappa shape index (κ3) is 3.96. The van der Waals surface area contributed by atoms with Crippen LogP contribution in [0.15, 0.2) is 24.3 Å². The fourth-order valence-corrected chi connectivity index (χ4v) is 2.80. The molecule has 20 heavy (non-hydrogen) atoms. The van der Waals surface area contributed by atoms with Crippen molar-refractivity contribution in [3.63, 3.8) is 0 Å². The Labute approximate surface area is 120 Å². The summed E-state index contributed by atoms with van der Waals surface area (Å²) in [5, 5.41) is 17.9. The maximum absolute atomic E-state index is 9.00. The van der Waals surface area contributed by atoms with Gasteiger partial charge in [-0.3, -0.25) is 4.90 Å². The Morgan fingerprint density at radius 1 is 1.40 bits per heavy atom. The number of nitrogens with zero attached hydrogens (tertiary/aromatic N) is 2. The molecule has 0 aliphatic carbocycles. The van der Waals surface area contributed by atoms with E-state index in [2.05, 4.69) is 11.0 Å². The minimum Gasteiger partial charge on any atom is -0.491 e. The Morgan fingerprint density at radius 3 is 3.05 bits per heavy atom. The van der Waals surface area contributed by atoms with E-state index in [-0.39, 0.29) is 6.61 Å². The van der Waals surface area contributed by atoms with Crippen molar-refractivity contribution >= 4 is 0 Å². The van der Waals surface area contributed by atoms with Crippen molar-refractivity contribution in [2.24, 2.45) is 0 Å². The summed E-state index contributed by atoms with van der Waals surface area (Å²) < 4.78 is 5.73. The van der Waals surface area contributed by atoms with Crippen LogP contribution in [0, 0.1) is 11.3 Å². The summed E-state index contributed by atoms with van der Waals surface area (Å²) in [5.41, 5.74) is 0.589. The Morgan fingerprint density at radius 2 is 2.25 bits per heavy atom. The van der Waals surface area contributed by atoms with E-state index in [9.17, 15) is 0 Å². The molecule has 1 fully saturated rings. The van der Waals surface area contributed by atoms with Gasteiger partial charge in [0.15, 0.2) is 0 Å². The number of hydrogen-bond donors (Lipinski definition) is 1. The van der Waals surface area contributed by atoms with Gasteiger partial charge in [-0.25, -0.2) is 0 Å². The first-order chi connectivity index (χ1) is 9.85. The molecule has 1 aromatic rings. The zero-order valence-corrected chi connectivity index (χ0v) is 11.8. The zero-order chi connectivity index (χ0) is 14.2. The van der Waals surface area contributed by atoms with Gasteiger partial charge in [0, 0.05) is 19.2 Å². The van der Waals surface area contributed by atoms with Crippen LogP contribution in [0.1, 0.15) is 31.2 Å². The molecule has 0 amide bonds. The zero-order valence-electron chi connectivity index (χ0n) is 11.8. The minimum absolute atomic E-state index is 0.274. The van der Waals surface area contributed by atoms with E-state index in [1.54, 1.807) is 6.07 Å². The molecule has 1 aliphatic rings. The molecule has 4 nitrogen and oxygen atoms in total. The van der Waals surface area contributed by atoms with Gasteiger partial charge >= 0.3 is 0 Å². The van der Waals surface area contributed by atoms with Gasteiger partial charge in [-0.15, -0.1) is 0 Å². The molecule has 1 saturated heterocycles. The van der Waals surface area contributed by atoms with Gasteiger partial charge in [0.25, 0.3) is 0 Å². The van der Waals surface area contributed by atoms with Crippen molar-refractivity contribution in [3.05, 3.63) is 29.8 Å². The summed E-state index contributed by atoms with van der Waals surface area (Å²) in [6.07, 6.45) is 4.38. The van der Waals surface area contributed by atoms with E-state index in [1.165, 1.54) is 12.8 Å². The largest absolute Gasteiger partial charge is 0.491 e. The third-order valence-electron chi connectivity index (χ3n) is 3.84. The number of aliphatic hydroxyl groups excluding tert-OH is 1. The van der Waals surface area contributed by atoms with Crippen molar-refractivity contribution in [1.29, 1.82) is 5.26 Å². The van der Waals surface area contributed by atoms with Gasteiger partial charge in [0.1, 0.15) is 18.4 Å². The number of aliphatic hydroxyl groups is 1. The number of rotatable bonds is 7. The van der Waals surface area contributed by atoms with E-state index < -0.39 is 0 Å². The predicted molar refractivity (Wildman–Crippen MR) is 77.6 cm³/mol. The van der Waals surface area contributed by atoms with Gasteiger partial charge in [0.2, 0.25) is 0 Å². The van der Waals surface area contributed by atoms with E-state index in [1.807, 2.05) is 18.2 Å². The lowest BCUT2D eigenvalue weighted by Gasteiger charge is -2.24. The highest BCUT2D eigenvalue weighted by molar-refractivity contribution is 5.42. The second-order valence-corrected chi connectivity index (χ2v) is 5.15. The molecule has 0 spiro atoms. The summed E-state index contributed by atoms with van der Waals surface area (Å²) >= 11 is 0. The van der Waals surface area contributed by atoms with Crippen LogP contribution in [-0.2, 0) is 0 Å². The van der Waals surface area contributed by atoms with Crippen LogP contribution >= 0.6 is 0 Å². The molecule has 1 heterocycles.